The molecule has 0 aliphatic carbocycles. The van der Waals surface area contributed by atoms with E-state index in [1.165, 1.54) is 17.4 Å². The maximum atomic E-state index is 12.9. The Bertz CT molecular complexity index is 1180. The number of carbonyl (C=O) groups is 1. The summed E-state index contributed by atoms with van der Waals surface area (Å²) in [6.45, 7) is 5.13. The standard InChI is InChI=1S/C21H24N4O4S2/c1-3-15-7-9-16(10-8-15)24-31(27,28)18-13-17(30-14(18)2)19-22-23-20(29-19)21(26)25-11-5-4-6-12-25/h7-10,13,24H,3-6,11-12H2,1-2H3. The molecule has 1 aromatic carbocycles. The van der Waals surface area contributed by atoms with E-state index < -0.39 is 10.0 Å². The molecule has 1 amide bonds. The summed E-state index contributed by atoms with van der Waals surface area (Å²) in [5.74, 6) is -0.208. The lowest BCUT2D eigenvalue weighted by Crippen LogP contribution is -2.35. The minimum Gasteiger partial charge on any atom is -0.411 e. The first kappa shape index (κ1) is 21.5. The molecule has 0 atom stereocenters. The monoisotopic (exact) mass is 460 g/mol. The molecule has 31 heavy (non-hydrogen) atoms. The van der Waals surface area contributed by atoms with Gasteiger partial charge in [-0.2, -0.15) is 0 Å². The number of aryl methyl sites for hydroxylation is 2. The van der Waals surface area contributed by atoms with E-state index >= 15 is 0 Å². The molecule has 3 heterocycles. The van der Waals surface area contributed by atoms with Crippen LogP contribution >= 0.6 is 11.3 Å². The Morgan fingerprint density at radius 1 is 1.16 bits per heavy atom. The third kappa shape index (κ3) is 4.64. The minimum atomic E-state index is -3.78. The first-order chi connectivity index (χ1) is 14.9. The summed E-state index contributed by atoms with van der Waals surface area (Å²) >= 11 is 1.23. The molecule has 8 nitrogen and oxygen atoms in total. The van der Waals surface area contributed by atoms with Crippen molar-refractivity contribution in [2.24, 2.45) is 0 Å². The van der Waals surface area contributed by atoms with Gasteiger partial charge in [0.1, 0.15) is 4.90 Å². The number of amides is 1. The normalized spacial score (nSPS) is 14.6. The number of sulfonamides is 1. The fourth-order valence-corrected chi connectivity index (χ4v) is 6.07. The molecule has 3 aromatic rings. The smallest absolute Gasteiger partial charge is 0.311 e. The zero-order valence-electron chi connectivity index (χ0n) is 17.4. The fourth-order valence-electron chi connectivity index (χ4n) is 3.50. The summed E-state index contributed by atoms with van der Waals surface area (Å²) in [6.07, 6.45) is 3.92. The number of hydrogen-bond acceptors (Lipinski definition) is 7. The minimum absolute atomic E-state index is 0.0681. The summed E-state index contributed by atoms with van der Waals surface area (Å²) in [5, 5.41) is 7.86. The molecule has 10 heteroatoms. The number of piperidine rings is 1. The van der Waals surface area contributed by atoms with Crippen molar-refractivity contribution in [3.63, 3.8) is 0 Å². The van der Waals surface area contributed by atoms with E-state index in [9.17, 15) is 13.2 Å². The SMILES string of the molecule is CCc1ccc(NS(=O)(=O)c2cc(-c3nnc(C(=O)N4CCCCC4)o3)sc2C)cc1. The Balaban J connectivity index is 1.54. The number of anilines is 1. The van der Waals surface area contributed by atoms with Crippen LogP contribution in [0.2, 0.25) is 0 Å². The van der Waals surface area contributed by atoms with Crippen molar-refractivity contribution in [1.82, 2.24) is 15.1 Å². The molecule has 1 saturated heterocycles. The average Bonchev–Trinajstić information content (AvgIpc) is 3.41. The molecular formula is C21H24N4O4S2. The molecule has 4 rings (SSSR count). The van der Waals surface area contributed by atoms with E-state index in [2.05, 4.69) is 14.9 Å². The molecule has 164 valence electrons. The lowest BCUT2D eigenvalue weighted by atomic mass is 10.1. The molecule has 0 bridgehead atoms. The average molecular weight is 461 g/mol. The van der Waals surface area contributed by atoms with E-state index in [0.717, 1.165) is 31.2 Å². The van der Waals surface area contributed by atoms with Gasteiger partial charge in [-0.15, -0.1) is 21.5 Å². The van der Waals surface area contributed by atoms with Crippen LogP contribution in [0.25, 0.3) is 10.8 Å². The molecule has 0 unspecified atom stereocenters. The van der Waals surface area contributed by atoms with Crippen LogP contribution in [-0.2, 0) is 16.4 Å². The van der Waals surface area contributed by atoms with Crippen LogP contribution < -0.4 is 4.72 Å². The Morgan fingerprint density at radius 2 is 1.87 bits per heavy atom. The first-order valence-electron chi connectivity index (χ1n) is 10.2. The van der Waals surface area contributed by atoms with Crippen molar-refractivity contribution in [1.29, 1.82) is 0 Å². The molecule has 0 radical (unpaired) electrons. The van der Waals surface area contributed by atoms with Gasteiger partial charge in [-0.3, -0.25) is 9.52 Å². The quantitative estimate of drug-likeness (QED) is 0.594. The zero-order valence-corrected chi connectivity index (χ0v) is 19.1. The van der Waals surface area contributed by atoms with Gasteiger partial charge in [-0.25, -0.2) is 8.42 Å². The van der Waals surface area contributed by atoms with Crippen LogP contribution in [0.1, 0.15) is 47.3 Å². The lowest BCUT2D eigenvalue weighted by molar-refractivity contribution is 0.0684. The predicted octanol–water partition coefficient (Wildman–Crippen LogP) is 4.10. The number of carbonyl (C=O) groups excluding carboxylic acids is 1. The van der Waals surface area contributed by atoms with Crippen LogP contribution in [0.4, 0.5) is 5.69 Å². The second kappa shape index (κ2) is 8.80. The Kier molecular flexibility index (Phi) is 6.10. The highest BCUT2D eigenvalue weighted by Gasteiger charge is 2.26. The fraction of sp³-hybridized carbons (Fsp3) is 0.381. The van der Waals surface area contributed by atoms with Crippen molar-refractivity contribution >= 4 is 33.0 Å². The highest BCUT2D eigenvalue weighted by Crippen LogP contribution is 2.34. The van der Waals surface area contributed by atoms with Gasteiger partial charge < -0.3 is 9.32 Å². The van der Waals surface area contributed by atoms with Gasteiger partial charge in [-0.05, 0) is 56.4 Å². The van der Waals surface area contributed by atoms with Crippen LogP contribution in [-0.4, -0.2) is 42.5 Å². The highest BCUT2D eigenvalue weighted by atomic mass is 32.2. The number of benzene rings is 1. The molecule has 1 aliphatic heterocycles. The molecule has 1 N–H and O–H groups in total. The van der Waals surface area contributed by atoms with Crippen LogP contribution in [0.3, 0.4) is 0 Å². The Morgan fingerprint density at radius 3 is 2.55 bits per heavy atom. The number of rotatable bonds is 6. The Labute approximate surface area is 185 Å². The van der Waals surface area contributed by atoms with E-state index in [-0.39, 0.29) is 22.6 Å². The zero-order chi connectivity index (χ0) is 22.0. The van der Waals surface area contributed by atoms with E-state index in [0.29, 0.717) is 28.5 Å². The second-order valence-corrected chi connectivity index (χ2v) is 10.4. The number of aromatic nitrogens is 2. The maximum Gasteiger partial charge on any atom is 0.311 e. The second-order valence-electron chi connectivity index (χ2n) is 7.45. The molecule has 0 saturated carbocycles. The molecular weight excluding hydrogens is 436 g/mol. The number of thiophene rings is 1. The van der Waals surface area contributed by atoms with Crippen LogP contribution in [0, 0.1) is 6.92 Å². The van der Waals surface area contributed by atoms with Gasteiger partial charge in [0.25, 0.3) is 15.9 Å². The molecule has 1 aliphatic rings. The van der Waals surface area contributed by atoms with Crippen molar-refractivity contribution in [2.45, 2.75) is 44.4 Å². The van der Waals surface area contributed by atoms with Crippen molar-refractivity contribution in [2.75, 3.05) is 17.8 Å². The Hall–Kier alpha value is -2.72. The number of hydrogen-bond donors (Lipinski definition) is 1. The number of likely N-dealkylation sites (tertiary alicyclic amines) is 1. The first-order valence-corrected chi connectivity index (χ1v) is 12.5. The number of nitrogens with zero attached hydrogens (tertiary/aromatic N) is 3. The topological polar surface area (TPSA) is 105 Å². The highest BCUT2D eigenvalue weighted by molar-refractivity contribution is 7.93. The van der Waals surface area contributed by atoms with Crippen LogP contribution in [0.5, 0.6) is 0 Å². The van der Waals surface area contributed by atoms with E-state index in [1.807, 2.05) is 19.1 Å². The maximum absolute atomic E-state index is 12.9. The predicted molar refractivity (Wildman–Crippen MR) is 119 cm³/mol. The third-order valence-corrected chi connectivity index (χ3v) is 7.91. The third-order valence-electron chi connectivity index (χ3n) is 5.24. The molecule has 0 spiro atoms. The van der Waals surface area contributed by atoms with Crippen molar-refractivity contribution in [3.8, 4) is 10.8 Å². The summed E-state index contributed by atoms with van der Waals surface area (Å²) in [7, 11) is -3.78. The summed E-state index contributed by atoms with van der Waals surface area (Å²) in [5.41, 5.74) is 1.62. The van der Waals surface area contributed by atoms with Crippen LogP contribution in [0.15, 0.2) is 39.6 Å². The van der Waals surface area contributed by atoms with E-state index in [4.69, 9.17) is 4.42 Å². The van der Waals surface area contributed by atoms with E-state index in [1.54, 1.807) is 24.0 Å². The molecule has 1 fully saturated rings. The lowest BCUT2D eigenvalue weighted by Gasteiger charge is -2.24. The summed E-state index contributed by atoms with van der Waals surface area (Å²) < 4.78 is 34.0. The van der Waals surface area contributed by atoms with Crippen molar-refractivity contribution < 1.29 is 17.6 Å². The van der Waals surface area contributed by atoms with Gasteiger partial charge in [-0.1, -0.05) is 19.1 Å². The molecule has 2 aromatic heterocycles. The van der Waals surface area contributed by atoms with Crippen molar-refractivity contribution in [3.05, 3.63) is 46.7 Å². The van der Waals surface area contributed by atoms with Gasteiger partial charge >= 0.3 is 11.8 Å². The summed E-state index contributed by atoms with van der Waals surface area (Å²) in [6, 6.07) is 8.78. The van der Waals surface area contributed by atoms with Gasteiger partial charge in [0, 0.05) is 23.7 Å². The number of nitrogens with one attached hydrogen (secondary N) is 1. The van der Waals surface area contributed by atoms with Gasteiger partial charge in [0.05, 0.1) is 4.88 Å². The summed E-state index contributed by atoms with van der Waals surface area (Å²) in [4.78, 5) is 15.5. The largest absolute Gasteiger partial charge is 0.411 e. The van der Waals surface area contributed by atoms with Gasteiger partial charge in [0.2, 0.25) is 0 Å². The van der Waals surface area contributed by atoms with Gasteiger partial charge in [0.15, 0.2) is 0 Å².